The van der Waals surface area contributed by atoms with Crippen LogP contribution in [0.4, 0.5) is 13.6 Å². The molecule has 29 heavy (non-hydrogen) atoms. The summed E-state index contributed by atoms with van der Waals surface area (Å²) in [7, 11) is 1.95. The number of halogens is 2. The highest BCUT2D eigenvalue weighted by molar-refractivity contribution is 5.81. The largest absolute Gasteiger partial charge is 0.351 e. The van der Waals surface area contributed by atoms with Gasteiger partial charge in [-0.15, -0.1) is 0 Å². The van der Waals surface area contributed by atoms with Crippen LogP contribution in [0.15, 0.2) is 0 Å². The molecule has 1 aliphatic carbocycles. The third-order valence-electron chi connectivity index (χ3n) is 7.14. The first-order valence-corrected chi connectivity index (χ1v) is 10.3. The zero-order valence-electron chi connectivity index (χ0n) is 17.2. The van der Waals surface area contributed by atoms with Gasteiger partial charge in [0.1, 0.15) is 5.54 Å². The lowest BCUT2D eigenvalue weighted by Crippen LogP contribution is -2.55. The number of nitrogens with zero attached hydrogens (tertiary/aromatic N) is 3. The van der Waals surface area contributed by atoms with Gasteiger partial charge < -0.3 is 20.9 Å². The van der Waals surface area contributed by atoms with Crippen LogP contribution in [0.5, 0.6) is 0 Å². The van der Waals surface area contributed by atoms with Gasteiger partial charge in [0.2, 0.25) is 11.8 Å². The van der Waals surface area contributed by atoms with Crippen LogP contribution in [0.25, 0.3) is 0 Å². The Morgan fingerprint density at radius 1 is 1.24 bits per heavy atom. The Morgan fingerprint density at radius 2 is 1.83 bits per heavy atom. The fraction of sp³-hybridized carbons (Fsp3) is 0.850. The number of piperidine rings is 2. The third kappa shape index (κ3) is 4.80. The zero-order chi connectivity index (χ0) is 21.4. The van der Waals surface area contributed by atoms with E-state index in [-0.39, 0.29) is 11.3 Å². The molecule has 3 rings (SSSR count). The second-order valence-electron chi connectivity index (χ2n) is 9.37. The van der Waals surface area contributed by atoms with Gasteiger partial charge in [-0.1, -0.05) is 0 Å². The molecule has 0 aromatic rings. The van der Waals surface area contributed by atoms with E-state index in [1.165, 1.54) is 0 Å². The summed E-state index contributed by atoms with van der Waals surface area (Å²) < 4.78 is 27.9. The molecule has 2 atom stereocenters. The molecule has 9 heteroatoms. The average molecular weight is 411 g/mol. The van der Waals surface area contributed by atoms with Gasteiger partial charge in [-0.05, 0) is 57.4 Å². The molecule has 0 aromatic carbocycles. The van der Waals surface area contributed by atoms with Crippen molar-refractivity contribution in [1.82, 2.24) is 15.1 Å². The van der Waals surface area contributed by atoms with Crippen molar-refractivity contribution in [3.63, 3.8) is 0 Å². The van der Waals surface area contributed by atoms with E-state index < -0.39 is 35.7 Å². The maximum absolute atomic E-state index is 13.9. The number of urea groups is 1. The van der Waals surface area contributed by atoms with Gasteiger partial charge >= 0.3 is 6.03 Å². The highest BCUT2D eigenvalue weighted by Crippen LogP contribution is 2.63. The van der Waals surface area contributed by atoms with E-state index in [0.29, 0.717) is 58.3 Å². The maximum Gasteiger partial charge on any atom is 0.314 e. The van der Waals surface area contributed by atoms with Crippen LogP contribution in [0.3, 0.4) is 0 Å². The summed E-state index contributed by atoms with van der Waals surface area (Å²) in [6, 6.07) is 1.76. The molecule has 1 saturated carbocycles. The average Bonchev–Trinajstić information content (AvgIpc) is 3.34. The molecular weight excluding hydrogens is 380 g/mol. The lowest BCUT2D eigenvalue weighted by molar-refractivity contribution is -0.131. The van der Waals surface area contributed by atoms with E-state index in [1.807, 2.05) is 7.05 Å². The smallest absolute Gasteiger partial charge is 0.314 e. The standard InChI is InChI=1S/C20H31F2N5O2/c1-18(21,22)11-14(15-12-19(15)3-9-27(10-4-19)17(24)29)16(28)25-20(13-23)5-7-26(2)8-6-20/h14-15H,3-12H2,1-2H3,(H2,24,29)(H,25,28)/t14-,15?/m0/s1. The summed E-state index contributed by atoms with van der Waals surface area (Å²) in [5.74, 6) is -4.38. The Bertz CT molecular complexity index is 686. The van der Waals surface area contributed by atoms with Gasteiger partial charge in [0.05, 0.1) is 6.07 Å². The van der Waals surface area contributed by atoms with Crippen molar-refractivity contribution in [1.29, 1.82) is 5.26 Å². The highest BCUT2D eigenvalue weighted by Gasteiger charge is 2.60. The van der Waals surface area contributed by atoms with Crippen LogP contribution in [0, 0.1) is 28.6 Å². The van der Waals surface area contributed by atoms with Gasteiger partial charge in [0.25, 0.3) is 0 Å². The van der Waals surface area contributed by atoms with Crippen molar-refractivity contribution in [3.8, 4) is 6.07 Å². The fourth-order valence-corrected chi connectivity index (χ4v) is 5.09. The molecule has 0 radical (unpaired) electrons. The van der Waals surface area contributed by atoms with E-state index >= 15 is 0 Å². The number of nitriles is 1. The Morgan fingerprint density at radius 3 is 2.31 bits per heavy atom. The zero-order valence-corrected chi connectivity index (χ0v) is 17.2. The molecule has 0 bridgehead atoms. The number of primary amides is 1. The Kier molecular flexibility index (Phi) is 5.78. The van der Waals surface area contributed by atoms with Gasteiger partial charge in [-0.3, -0.25) is 4.79 Å². The lowest BCUT2D eigenvalue weighted by Gasteiger charge is -2.38. The van der Waals surface area contributed by atoms with E-state index in [0.717, 1.165) is 6.92 Å². The van der Waals surface area contributed by atoms with Crippen molar-refractivity contribution in [2.24, 2.45) is 23.0 Å². The first-order valence-electron chi connectivity index (χ1n) is 10.3. The summed E-state index contributed by atoms with van der Waals surface area (Å²) in [5.41, 5.74) is 4.18. The molecule has 162 valence electrons. The number of carbonyl (C=O) groups is 2. The number of hydrogen-bond donors (Lipinski definition) is 2. The number of amides is 3. The lowest BCUT2D eigenvalue weighted by atomic mass is 9.82. The van der Waals surface area contributed by atoms with Gasteiger partial charge in [0.15, 0.2) is 0 Å². The highest BCUT2D eigenvalue weighted by atomic mass is 19.3. The molecule has 3 amide bonds. The third-order valence-corrected chi connectivity index (χ3v) is 7.14. The number of nitrogens with two attached hydrogens (primary N) is 1. The SMILES string of the molecule is CN1CCC(C#N)(NC(=O)[C@@H](CC(C)(F)F)C2CC23CCN(C(N)=O)CC3)CC1. The number of alkyl halides is 2. The van der Waals surface area contributed by atoms with Crippen molar-refractivity contribution in [3.05, 3.63) is 0 Å². The van der Waals surface area contributed by atoms with Crippen molar-refractivity contribution in [2.45, 2.75) is 56.9 Å². The minimum absolute atomic E-state index is 0.148. The first-order chi connectivity index (χ1) is 13.5. The van der Waals surface area contributed by atoms with Crippen LogP contribution < -0.4 is 11.1 Å². The molecule has 1 unspecified atom stereocenters. The molecular formula is C20H31F2N5O2. The topological polar surface area (TPSA) is 102 Å². The molecule has 2 saturated heterocycles. The number of hydrogen-bond acceptors (Lipinski definition) is 4. The molecule has 3 N–H and O–H groups in total. The normalized spacial score (nSPS) is 27.1. The van der Waals surface area contributed by atoms with Crippen LogP contribution in [0.2, 0.25) is 0 Å². The summed E-state index contributed by atoms with van der Waals surface area (Å²) in [6.07, 6.45) is 2.51. The first kappa shape index (κ1) is 21.8. The second kappa shape index (κ2) is 7.71. The predicted molar refractivity (Wildman–Crippen MR) is 103 cm³/mol. The quantitative estimate of drug-likeness (QED) is 0.722. The summed E-state index contributed by atoms with van der Waals surface area (Å²) >= 11 is 0. The number of rotatable bonds is 5. The summed E-state index contributed by atoms with van der Waals surface area (Å²) in [4.78, 5) is 28.1. The Hall–Kier alpha value is -1.95. The monoisotopic (exact) mass is 411 g/mol. The summed E-state index contributed by atoms with van der Waals surface area (Å²) in [6.45, 7) is 3.19. The molecule has 3 aliphatic rings. The van der Waals surface area contributed by atoms with Crippen LogP contribution in [-0.4, -0.2) is 66.4 Å². The van der Waals surface area contributed by atoms with Gasteiger partial charge in [-0.25, -0.2) is 13.6 Å². The van der Waals surface area contributed by atoms with Crippen molar-refractivity contribution in [2.75, 3.05) is 33.2 Å². The predicted octanol–water partition coefficient (Wildman–Crippen LogP) is 1.93. The van der Waals surface area contributed by atoms with E-state index in [1.54, 1.807) is 4.90 Å². The Labute approximate surface area is 170 Å². The molecule has 2 aliphatic heterocycles. The Balaban J connectivity index is 1.71. The molecule has 7 nitrogen and oxygen atoms in total. The van der Waals surface area contributed by atoms with Gasteiger partial charge in [-0.2, -0.15) is 5.26 Å². The van der Waals surface area contributed by atoms with Crippen molar-refractivity contribution >= 4 is 11.9 Å². The van der Waals surface area contributed by atoms with E-state index in [9.17, 15) is 23.6 Å². The number of carbonyl (C=O) groups excluding carboxylic acids is 2. The molecule has 3 fully saturated rings. The van der Waals surface area contributed by atoms with E-state index in [2.05, 4.69) is 16.3 Å². The van der Waals surface area contributed by atoms with Crippen LogP contribution in [-0.2, 0) is 4.79 Å². The maximum atomic E-state index is 13.9. The summed E-state index contributed by atoms with van der Waals surface area (Å²) in [5, 5.41) is 12.5. The molecule has 1 spiro atoms. The minimum atomic E-state index is -2.97. The van der Waals surface area contributed by atoms with Crippen LogP contribution in [0.1, 0.15) is 45.4 Å². The van der Waals surface area contributed by atoms with Crippen LogP contribution >= 0.6 is 0 Å². The van der Waals surface area contributed by atoms with E-state index in [4.69, 9.17) is 5.73 Å². The van der Waals surface area contributed by atoms with Gasteiger partial charge in [0, 0.05) is 38.5 Å². The number of likely N-dealkylation sites (tertiary alicyclic amines) is 2. The number of nitrogens with one attached hydrogen (secondary N) is 1. The minimum Gasteiger partial charge on any atom is -0.351 e. The van der Waals surface area contributed by atoms with Crippen molar-refractivity contribution < 1.29 is 18.4 Å². The fourth-order valence-electron chi connectivity index (χ4n) is 5.09. The second-order valence-corrected chi connectivity index (χ2v) is 9.37. The molecule has 0 aromatic heterocycles. The molecule has 2 heterocycles.